The molecule has 2 heteroatoms. The summed E-state index contributed by atoms with van der Waals surface area (Å²) in [4.78, 5) is 0. The average Bonchev–Trinajstić information content (AvgIpc) is 2.36. The molecule has 0 radical (unpaired) electrons. The molecule has 0 aliphatic heterocycles. The number of hydrogen-bond donors (Lipinski definition) is 2. The summed E-state index contributed by atoms with van der Waals surface area (Å²) in [6, 6.07) is 9.63. The molecule has 1 aromatic rings. The summed E-state index contributed by atoms with van der Waals surface area (Å²) in [5.41, 5.74) is 4.54. The van der Waals surface area contributed by atoms with E-state index in [2.05, 4.69) is 5.73 Å². The molecule has 0 unspecified atom stereocenters. The molecule has 17 heavy (non-hydrogen) atoms. The fourth-order valence-electron chi connectivity index (χ4n) is 1.72. The second kappa shape index (κ2) is 6.41. The lowest BCUT2D eigenvalue weighted by atomic mass is 9.79. The highest BCUT2D eigenvalue weighted by molar-refractivity contribution is 5.27. The Hall–Kier alpha value is -1.34. The number of benzene rings is 1. The van der Waals surface area contributed by atoms with Gasteiger partial charge in [-0.1, -0.05) is 30.3 Å². The molecule has 2 N–H and O–H groups in total. The van der Waals surface area contributed by atoms with E-state index in [-0.39, 0.29) is 13.2 Å². The minimum atomic E-state index is -0.607. The highest BCUT2D eigenvalue weighted by Crippen LogP contribution is 2.27. The molecular weight excluding hydrogens is 212 g/mol. The highest BCUT2D eigenvalue weighted by Gasteiger charge is 2.29. The van der Waals surface area contributed by atoms with Gasteiger partial charge in [0.25, 0.3) is 0 Å². The Morgan fingerprint density at radius 2 is 1.76 bits per heavy atom. The third kappa shape index (κ3) is 3.57. The maximum atomic E-state index is 9.58. The van der Waals surface area contributed by atoms with E-state index in [1.807, 2.05) is 50.3 Å². The second-order valence-electron chi connectivity index (χ2n) is 4.52. The molecule has 0 aliphatic carbocycles. The van der Waals surface area contributed by atoms with Crippen LogP contribution in [0.5, 0.6) is 0 Å². The topological polar surface area (TPSA) is 40.5 Å². The lowest BCUT2D eigenvalue weighted by Gasteiger charge is -2.28. The quantitative estimate of drug-likeness (QED) is 0.765. The van der Waals surface area contributed by atoms with Crippen molar-refractivity contribution in [1.29, 1.82) is 0 Å². The van der Waals surface area contributed by atoms with Crippen molar-refractivity contribution < 1.29 is 10.2 Å². The minimum absolute atomic E-state index is 0.0749. The first-order valence-electron chi connectivity index (χ1n) is 5.80. The Kier molecular flexibility index (Phi) is 5.17. The van der Waals surface area contributed by atoms with Crippen LogP contribution in [0.15, 0.2) is 47.7 Å². The number of hydrogen-bond acceptors (Lipinski definition) is 2. The molecule has 0 fully saturated rings. The van der Waals surface area contributed by atoms with Crippen LogP contribution in [-0.4, -0.2) is 23.4 Å². The Balaban J connectivity index is 3.02. The van der Waals surface area contributed by atoms with Crippen molar-refractivity contribution in [1.82, 2.24) is 0 Å². The van der Waals surface area contributed by atoms with Gasteiger partial charge in [-0.25, -0.2) is 0 Å². The molecule has 0 heterocycles. The number of aliphatic hydroxyl groups is 2. The van der Waals surface area contributed by atoms with Crippen molar-refractivity contribution in [2.75, 3.05) is 13.2 Å². The van der Waals surface area contributed by atoms with Crippen molar-refractivity contribution >= 4 is 0 Å². The number of rotatable bonds is 5. The van der Waals surface area contributed by atoms with Crippen LogP contribution < -0.4 is 0 Å². The molecule has 0 saturated heterocycles. The van der Waals surface area contributed by atoms with E-state index >= 15 is 0 Å². The molecule has 0 bridgehead atoms. The predicted molar refractivity (Wildman–Crippen MR) is 69.9 cm³/mol. The van der Waals surface area contributed by atoms with Gasteiger partial charge in [-0.3, -0.25) is 0 Å². The molecule has 92 valence electrons. The molecule has 2 nitrogen and oxygen atoms in total. The summed E-state index contributed by atoms with van der Waals surface area (Å²) in [6.45, 7) is 3.79. The third-order valence-corrected chi connectivity index (χ3v) is 2.88. The van der Waals surface area contributed by atoms with E-state index in [0.29, 0.717) is 6.42 Å². The van der Waals surface area contributed by atoms with Crippen LogP contribution in [0.25, 0.3) is 0 Å². The standard InChI is InChI=1S/C15H20O2/c1-13(2)7-6-10-15(11-16,12-17)14-8-4-3-5-9-14/h3-6,8-9,16-17H,10-12H2,1-2H3. The molecule has 0 aromatic heterocycles. The summed E-state index contributed by atoms with van der Waals surface area (Å²) < 4.78 is 0. The molecule has 0 amide bonds. The van der Waals surface area contributed by atoms with Crippen molar-refractivity contribution in [2.45, 2.75) is 25.7 Å². The van der Waals surface area contributed by atoms with Crippen LogP contribution in [0.1, 0.15) is 25.8 Å². The van der Waals surface area contributed by atoms with Gasteiger partial charge in [-0.15, -0.1) is 5.73 Å². The average molecular weight is 232 g/mol. The SMILES string of the molecule is CC(C)=C=CCC(CO)(CO)c1ccccc1. The van der Waals surface area contributed by atoms with Crippen LogP contribution in [-0.2, 0) is 5.41 Å². The first-order chi connectivity index (χ1) is 8.14. The lowest BCUT2D eigenvalue weighted by molar-refractivity contribution is 0.118. The molecule has 1 aromatic carbocycles. The first kappa shape index (κ1) is 13.7. The van der Waals surface area contributed by atoms with Gasteiger partial charge in [-0.05, 0) is 37.5 Å². The van der Waals surface area contributed by atoms with E-state index in [1.165, 1.54) is 0 Å². The maximum Gasteiger partial charge on any atom is 0.0553 e. The van der Waals surface area contributed by atoms with Gasteiger partial charge in [0.15, 0.2) is 0 Å². The Morgan fingerprint density at radius 3 is 2.24 bits per heavy atom. The van der Waals surface area contributed by atoms with Crippen LogP contribution in [0, 0.1) is 0 Å². The third-order valence-electron chi connectivity index (χ3n) is 2.88. The Morgan fingerprint density at radius 1 is 1.18 bits per heavy atom. The smallest absolute Gasteiger partial charge is 0.0553 e. The summed E-state index contributed by atoms with van der Waals surface area (Å²) in [6.07, 6.45) is 2.46. The Labute approximate surface area is 103 Å². The van der Waals surface area contributed by atoms with E-state index in [0.717, 1.165) is 11.1 Å². The fourth-order valence-corrected chi connectivity index (χ4v) is 1.72. The normalized spacial score (nSPS) is 10.8. The predicted octanol–water partition coefficient (Wildman–Crippen LogP) is 2.42. The zero-order chi connectivity index (χ0) is 12.7. The van der Waals surface area contributed by atoms with E-state index in [1.54, 1.807) is 0 Å². The van der Waals surface area contributed by atoms with E-state index in [9.17, 15) is 10.2 Å². The van der Waals surface area contributed by atoms with Crippen LogP contribution in [0.4, 0.5) is 0 Å². The Bertz CT molecular complexity index is 392. The molecular formula is C15H20O2. The molecule has 0 saturated carbocycles. The van der Waals surface area contributed by atoms with Crippen LogP contribution in [0.3, 0.4) is 0 Å². The molecule has 0 spiro atoms. The summed E-state index contributed by atoms with van der Waals surface area (Å²) in [7, 11) is 0. The first-order valence-corrected chi connectivity index (χ1v) is 5.80. The van der Waals surface area contributed by atoms with E-state index < -0.39 is 5.41 Å². The van der Waals surface area contributed by atoms with Crippen molar-refractivity contribution in [3.8, 4) is 0 Å². The largest absolute Gasteiger partial charge is 0.395 e. The van der Waals surface area contributed by atoms with Crippen LogP contribution >= 0.6 is 0 Å². The monoisotopic (exact) mass is 232 g/mol. The van der Waals surface area contributed by atoms with Crippen molar-refractivity contribution in [3.05, 3.63) is 53.3 Å². The summed E-state index contributed by atoms with van der Waals surface area (Å²) in [5.74, 6) is 0. The van der Waals surface area contributed by atoms with Gasteiger partial charge >= 0.3 is 0 Å². The van der Waals surface area contributed by atoms with Gasteiger partial charge in [0.05, 0.1) is 13.2 Å². The molecule has 1 rings (SSSR count). The zero-order valence-corrected chi connectivity index (χ0v) is 10.5. The van der Waals surface area contributed by atoms with Gasteiger partial charge < -0.3 is 10.2 Å². The van der Waals surface area contributed by atoms with E-state index in [4.69, 9.17) is 0 Å². The lowest BCUT2D eigenvalue weighted by Crippen LogP contribution is -2.34. The molecule has 0 aliphatic rings. The van der Waals surface area contributed by atoms with Gasteiger partial charge in [0.2, 0.25) is 0 Å². The maximum absolute atomic E-state index is 9.58. The van der Waals surface area contributed by atoms with Gasteiger partial charge in [0, 0.05) is 5.41 Å². The van der Waals surface area contributed by atoms with Crippen molar-refractivity contribution in [2.24, 2.45) is 0 Å². The zero-order valence-electron chi connectivity index (χ0n) is 10.5. The fraction of sp³-hybridized carbons (Fsp3) is 0.400. The van der Waals surface area contributed by atoms with Gasteiger partial charge in [0.1, 0.15) is 0 Å². The number of allylic oxidation sites excluding steroid dienone is 1. The van der Waals surface area contributed by atoms with Crippen molar-refractivity contribution in [3.63, 3.8) is 0 Å². The second-order valence-corrected chi connectivity index (χ2v) is 4.52. The highest BCUT2D eigenvalue weighted by atomic mass is 16.3. The number of aliphatic hydroxyl groups excluding tert-OH is 2. The van der Waals surface area contributed by atoms with Gasteiger partial charge in [-0.2, -0.15) is 0 Å². The van der Waals surface area contributed by atoms with Crippen LogP contribution in [0.2, 0.25) is 0 Å². The summed E-state index contributed by atoms with van der Waals surface area (Å²) >= 11 is 0. The molecule has 0 atom stereocenters. The minimum Gasteiger partial charge on any atom is -0.395 e. The summed E-state index contributed by atoms with van der Waals surface area (Å²) in [5, 5.41) is 19.2.